The van der Waals surface area contributed by atoms with Gasteiger partial charge in [0.15, 0.2) is 0 Å². The third-order valence-electron chi connectivity index (χ3n) is 2.79. The van der Waals surface area contributed by atoms with Crippen LogP contribution >= 0.6 is 0 Å². The van der Waals surface area contributed by atoms with E-state index in [0.29, 0.717) is 18.6 Å². The van der Waals surface area contributed by atoms with Gasteiger partial charge in [-0.1, -0.05) is 13.3 Å². The average molecular weight is 227 g/mol. The second kappa shape index (κ2) is 7.39. The van der Waals surface area contributed by atoms with Crippen LogP contribution in [0.25, 0.3) is 0 Å². The highest BCUT2D eigenvalue weighted by Crippen LogP contribution is 2.17. The van der Waals surface area contributed by atoms with E-state index in [2.05, 4.69) is 12.2 Å². The molecular formula is C12H21NO3. The van der Waals surface area contributed by atoms with Gasteiger partial charge in [0.2, 0.25) is 5.91 Å². The van der Waals surface area contributed by atoms with Crippen LogP contribution in [0.15, 0.2) is 0 Å². The van der Waals surface area contributed by atoms with E-state index in [1.54, 1.807) is 0 Å². The minimum absolute atomic E-state index is 0.0506. The van der Waals surface area contributed by atoms with E-state index in [4.69, 9.17) is 4.74 Å². The Morgan fingerprint density at radius 1 is 1.44 bits per heavy atom. The maximum atomic E-state index is 11.3. The van der Waals surface area contributed by atoms with Crippen molar-refractivity contribution in [3.05, 3.63) is 0 Å². The molecule has 1 rings (SSSR count). The summed E-state index contributed by atoms with van der Waals surface area (Å²) < 4.78 is 5.46. The molecule has 4 heteroatoms. The molecule has 16 heavy (non-hydrogen) atoms. The molecule has 0 saturated heterocycles. The van der Waals surface area contributed by atoms with Gasteiger partial charge in [0.05, 0.1) is 6.10 Å². The zero-order valence-corrected chi connectivity index (χ0v) is 9.96. The Bertz CT molecular complexity index is 230. The molecule has 1 amide bonds. The number of rotatable bonds is 6. The van der Waals surface area contributed by atoms with Gasteiger partial charge in [0.25, 0.3) is 0 Å². The lowest BCUT2D eigenvalue weighted by molar-refractivity contribution is -0.130. The molecule has 0 unspecified atom stereocenters. The number of amides is 1. The number of nitrogens with one attached hydrogen (secondary N) is 1. The summed E-state index contributed by atoms with van der Waals surface area (Å²) >= 11 is 0. The predicted molar refractivity (Wildman–Crippen MR) is 61.1 cm³/mol. The van der Waals surface area contributed by atoms with Crippen LogP contribution in [0.2, 0.25) is 0 Å². The lowest BCUT2D eigenvalue weighted by Crippen LogP contribution is -2.31. The molecule has 0 heterocycles. The summed E-state index contributed by atoms with van der Waals surface area (Å²) in [6.07, 6.45) is 4.90. The molecule has 0 radical (unpaired) electrons. The van der Waals surface area contributed by atoms with Gasteiger partial charge in [-0.15, -0.1) is 0 Å². The Morgan fingerprint density at radius 3 is 2.75 bits per heavy atom. The summed E-state index contributed by atoms with van der Waals surface area (Å²) in [4.78, 5) is 22.3. The molecule has 0 aromatic rings. The molecule has 1 fully saturated rings. The lowest BCUT2D eigenvalue weighted by atomic mass is 9.96. The average Bonchev–Trinajstić information content (AvgIpc) is 2.29. The number of unbranched alkanes of at least 4 members (excludes halogenated alkanes) is 1. The van der Waals surface area contributed by atoms with Crippen LogP contribution in [-0.2, 0) is 14.3 Å². The first-order chi connectivity index (χ1) is 7.72. The summed E-state index contributed by atoms with van der Waals surface area (Å²) in [5, 5.41) is 2.80. The fourth-order valence-electron chi connectivity index (χ4n) is 1.73. The van der Waals surface area contributed by atoms with Gasteiger partial charge < -0.3 is 10.1 Å². The first-order valence-corrected chi connectivity index (χ1v) is 6.12. The Labute approximate surface area is 96.7 Å². The maximum Gasteiger partial charge on any atom is 0.246 e. The van der Waals surface area contributed by atoms with Gasteiger partial charge in [-0.25, -0.2) is 0 Å². The van der Waals surface area contributed by atoms with Crippen LogP contribution in [0, 0.1) is 0 Å². The van der Waals surface area contributed by atoms with Gasteiger partial charge in [-0.3, -0.25) is 9.59 Å². The molecular weight excluding hydrogens is 206 g/mol. The Kier molecular flexibility index (Phi) is 6.08. The van der Waals surface area contributed by atoms with Gasteiger partial charge >= 0.3 is 0 Å². The molecule has 0 spiro atoms. The van der Waals surface area contributed by atoms with Crippen molar-refractivity contribution < 1.29 is 14.3 Å². The molecule has 1 N–H and O–H groups in total. The predicted octanol–water partition coefficient (Wildman–Crippen LogP) is 1.43. The van der Waals surface area contributed by atoms with Crippen molar-refractivity contribution in [2.75, 3.05) is 13.2 Å². The smallest absolute Gasteiger partial charge is 0.246 e. The zero-order valence-electron chi connectivity index (χ0n) is 9.96. The second-order valence-corrected chi connectivity index (χ2v) is 4.25. The van der Waals surface area contributed by atoms with E-state index in [1.165, 1.54) is 0 Å². The van der Waals surface area contributed by atoms with Crippen LogP contribution in [0.4, 0.5) is 0 Å². The van der Waals surface area contributed by atoms with Crippen molar-refractivity contribution in [1.82, 2.24) is 5.32 Å². The monoisotopic (exact) mass is 227 g/mol. The van der Waals surface area contributed by atoms with Crippen molar-refractivity contribution in [2.45, 2.75) is 51.6 Å². The number of hydrogen-bond acceptors (Lipinski definition) is 3. The minimum atomic E-state index is -0.0506. The topological polar surface area (TPSA) is 55.4 Å². The molecule has 1 saturated carbocycles. The third-order valence-corrected chi connectivity index (χ3v) is 2.79. The zero-order chi connectivity index (χ0) is 11.8. The van der Waals surface area contributed by atoms with Crippen LogP contribution in [0.5, 0.6) is 0 Å². The number of ether oxygens (including phenoxy) is 1. The molecule has 0 aromatic carbocycles. The van der Waals surface area contributed by atoms with E-state index in [-0.39, 0.29) is 18.6 Å². The van der Waals surface area contributed by atoms with E-state index >= 15 is 0 Å². The highest BCUT2D eigenvalue weighted by Gasteiger charge is 2.19. The number of ketones is 1. The second-order valence-electron chi connectivity index (χ2n) is 4.25. The van der Waals surface area contributed by atoms with Gasteiger partial charge in [-0.2, -0.15) is 0 Å². The first kappa shape index (κ1) is 13.2. The summed E-state index contributed by atoms with van der Waals surface area (Å²) in [6.45, 7) is 2.94. The molecule has 0 aromatic heterocycles. The number of hydrogen-bond donors (Lipinski definition) is 1. The molecule has 4 nitrogen and oxygen atoms in total. The number of Topliss-reactive ketones (excluding diaryl/α,β-unsaturated/α-hetero) is 1. The van der Waals surface area contributed by atoms with Crippen LogP contribution in [0.3, 0.4) is 0 Å². The fourth-order valence-corrected chi connectivity index (χ4v) is 1.73. The summed E-state index contributed by atoms with van der Waals surface area (Å²) in [5.74, 6) is 0.262. The molecule has 1 aliphatic rings. The van der Waals surface area contributed by atoms with E-state index in [9.17, 15) is 9.59 Å². The Morgan fingerprint density at radius 2 is 2.12 bits per heavy atom. The molecule has 0 atom stereocenters. The molecule has 92 valence electrons. The van der Waals surface area contributed by atoms with E-state index in [0.717, 1.165) is 32.2 Å². The van der Waals surface area contributed by atoms with Crippen molar-refractivity contribution in [1.29, 1.82) is 0 Å². The summed E-state index contributed by atoms with van der Waals surface area (Å²) in [7, 11) is 0. The molecule has 1 aliphatic carbocycles. The van der Waals surface area contributed by atoms with Crippen LogP contribution in [0.1, 0.15) is 45.4 Å². The molecule has 0 bridgehead atoms. The van der Waals surface area contributed by atoms with Crippen molar-refractivity contribution >= 4 is 11.7 Å². The number of carbonyl (C=O) groups is 2. The van der Waals surface area contributed by atoms with E-state index < -0.39 is 0 Å². The molecule has 0 aliphatic heterocycles. The largest absolute Gasteiger partial charge is 0.368 e. The van der Waals surface area contributed by atoms with Crippen molar-refractivity contribution in [3.8, 4) is 0 Å². The summed E-state index contributed by atoms with van der Waals surface area (Å²) in [6, 6.07) is 0. The van der Waals surface area contributed by atoms with Crippen LogP contribution in [-0.4, -0.2) is 30.9 Å². The highest BCUT2D eigenvalue weighted by molar-refractivity contribution is 5.79. The highest BCUT2D eigenvalue weighted by atomic mass is 16.5. The Hall–Kier alpha value is -0.900. The minimum Gasteiger partial charge on any atom is -0.368 e. The van der Waals surface area contributed by atoms with Crippen molar-refractivity contribution in [3.63, 3.8) is 0 Å². The van der Waals surface area contributed by atoms with E-state index in [1.807, 2.05) is 0 Å². The van der Waals surface area contributed by atoms with Gasteiger partial charge in [-0.05, 0) is 19.3 Å². The van der Waals surface area contributed by atoms with Gasteiger partial charge in [0.1, 0.15) is 12.4 Å². The fraction of sp³-hybridized carbons (Fsp3) is 0.833. The summed E-state index contributed by atoms with van der Waals surface area (Å²) in [5.41, 5.74) is 0. The first-order valence-electron chi connectivity index (χ1n) is 6.12. The van der Waals surface area contributed by atoms with Crippen LogP contribution < -0.4 is 5.32 Å². The van der Waals surface area contributed by atoms with Crippen molar-refractivity contribution in [2.24, 2.45) is 0 Å². The Balaban J connectivity index is 2.05. The quantitative estimate of drug-likeness (QED) is 0.698. The standard InChI is InChI=1S/C12H21NO3/c1-2-3-8-13-12(15)9-16-11-6-4-10(14)5-7-11/h11H,2-9H2,1H3,(H,13,15). The normalized spacial score (nSPS) is 17.4. The third kappa shape index (κ3) is 5.26. The lowest BCUT2D eigenvalue weighted by Gasteiger charge is -2.20. The van der Waals surface area contributed by atoms with Gasteiger partial charge in [0, 0.05) is 19.4 Å². The SMILES string of the molecule is CCCCNC(=O)COC1CCC(=O)CC1. The number of carbonyl (C=O) groups excluding carboxylic acids is 2. The maximum absolute atomic E-state index is 11.3.